The Kier molecular flexibility index (Phi) is 49.0. The fourth-order valence-electron chi connectivity index (χ4n) is 17.9. The van der Waals surface area contributed by atoms with Crippen molar-refractivity contribution in [2.45, 2.75) is 364 Å². The van der Waals surface area contributed by atoms with Crippen LogP contribution in [0.25, 0.3) is 22.8 Å². The lowest BCUT2D eigenvalue weighted by atomic mass is 10.1. The first kappa shape index (κ1) is 99.4. The average molecular weight is 1670 g/mol. The highest BCUT2D eigenvalue weighted by molar-refractivity contribution is 5.71. The normalized spacial score (nSPS) is 12.3. The molecule has 7 aliphatic rings. The zero-order valence-corrected chi connectivity index (χ0v) is 79.7. The van der Waals surface area contributed by atoms with Gasteiger partial charge in [0.25, 0.3) is 0 Å². The van der Waals surface area contributed by atoms with Crippen molar-refractivity contribution in [1.29, 1.82) is 0 Å². The first-order chi connectivity index (χ1) is 61.3. The molecule has 7 heterocycles. The number of nitrogens with zero attached hydrogens (tertiary/aromatic N) is 8. The van der Waals surface area contributed by atoms with Crippen LogP contribution in [0, 0.1) is 0 Å². The Labute approximate surface area is 755 Å². The Morgan fingerprint density at radius 3 is 0.411 bits per heavy atom. The van der Waals surface area contributed by atoms with Gasteiger partial charge in [0.15, 0.2) is 0 Å². The molecule has 15 rings (SSSR count). The van der Waals surface area contributed by atoms with Crippen LogP contribution in [0.4, 0.5) is 22.7 Å². The summed E-state index contributed by atoms with van der Waals surface area (Å²) >= 11 is 0. The highest BCUT2D eigenvalue weighted by Crippen LogP contribution is 2.28. The van der Waals surface area contributed by atoms with Crippen molar-refractivity contribution in [3.63, 3.8) is 0 Å². The zero-order valence-electron chi connectivity index (χ0n) is 79.7. The maximum Gasteiger partial charge on any atom is 0.0781 e. The van der Waals surface area contributed by atoms with Gasteiger partial charge in [-0.05, 0) is 148 Å². The molecule has 0 unspecified atom stereocenters. The Morgan fingerprint density at radius 1 is 0.145 bits per heavy atom. The Balaban J connectivity index is 1.22. The summed E-state index contributed by atoms with van der Waals surface area (Å²) in [5.74, 6) is 0. The molecule has 0 saturated heterocycles. The van der Waals surface area contributed by atoms with Crippen molar-refractivity contribution in [3.8, 4) is 0 Å². The van der Waals surface area contributed by atoms with E-state index >= 15 is 0 Å². The summed E-state index contributed by atoms with van der Waals surface area (Å²) in [6.07, 6.45) is 62.1. The number of hydrogen-bond donors (Lipinski definition) is 0. The van der Waals surface area contributed by atoms with Crippen LogP contribution in [0.3, 0.4) is 0 Å². The summed E-state index contributed by atoms with van der Waals surface area (Å²) in [6, 6.07) is 73.4. The maximum atomic E-state index is 5.72. The molecular formula is C116H168N8. The second kappa shape index (κ2) is 61.1. The van der Waals surface area contributed by atoms with Crippen LogP contribution in [0.1, 0.15) is 386 Å². The van der Waals surface area contributed by atoms with Crippen molar-refractivity contribution in [2.75, 3.05) is 72.0 Å². The van der Waals surface area contributed by atoms with Crippen LogP contribution in [0.2, 0.25) is 0 Å². The molecule has 8 aromatic rings. The van der Waals surface area contributed by atoms with Crippen LogP contribution >= 0.6 is 0 Å². The summed E-state index contributed by atoms with van der Waals surface area (Å²) in [7, 11) is 0. The fourth-order valence-corrected chi connectivity index (χ4v) is 17.9. The molecular weight excluding hydrogens is 1510 g/mol. The van der Waals surface area contributed by atoms with Gasteiger partial charge >= 0.3 is 0 Å². The molecule has 0 N–H and O–H groups in total. The molecule has 124 heavy (non-hydrogen) atoms. The van der Waals surface area contributed by atoms with Gasteiger partial charge in [0.05, 0.1) is 44.2 Å². The lowest BCUT2D eigenvalue weighted by Crippen LogP contribution is -2.25. The van der Waals surface area contributed by atoms with Crippen LogP contribution in [-0.4, -0.2) is 52.4 Å². The van der Waals surface area contributed by atoms with E-state index < -0.39 is 0 Å². The van der Waals surface area contributed by atoms with E-state index in [0.29, 0.717) is 0 Å². The molecule has 8 aromatic carbocycles. The molecule has 672 valence electrons. The predicted molar refractivity (Wildman–Crippen MR) is 541 cm³/mol. The van der Waals surface area contributed by atoms with Gasteiger partial charge in [-0.15, -0.1) is 0 Å². The van der Waals surface area contributed by atoms with Gasteiger partial charge in [-0.1, -0.05) is 409 Å². The number of anilines is 4. The van der Waals surface area contributed by atoms with E-state index in [1.54, 1.807) is 0 Å². The SMILES string of the molecule is CCCCCCCCN(CCCCCCCC)c1ccc(C2=c3ccc(cc3)=NC(c3ccc(N(CCCCCCCC)CCCCCCCC)cc3)=c3ccc(cc3)=NC(c3ccc(N(CCCCCCCC)CCCCCCCC)cc3)=c3ccc(cc3)=NC(c3ccc(N(CCCCCCCC)CCCCCCCC)cc3)=c3ccc(cc3)=N2)cc1. The molecule has 7 aliphatic heterocycles. The third-order valence-electron chi connectivity index (χ3n) is 25.8. The summed E-state index contributed by atoms with van der Waals surface area (Å²) in [4.78, 5) is 33.6. The summed E-state index contributed by atoms with van der Waals surface area (Å²) in [5, 5.41) is 7.73. The highest BCUT2D eigenvalue weighted by atomic mass is 15.1. The second-order valence-electron chi connectivity index (χ2n) is 36.3. The molecule has 0 aromatic heterocycles. The van der Waals surface area contributed by atoms with Gasteiger partial charge < -0.3 is 19.6 Å². The first-order valence-corrected chi connectivity index (χ1v) is 51.4. The summed E-state index contributed by atoms with van der Waals surface area (Å²) < 4.78 is 0. The highest BCUT2D eigenvalue weighted by Gasteiger charge is 2.17. The number of unbranched alkanes of at least 4 members (excludes halogenated alkanes) is 40. The molecule has 8 heteroatoms. The van der Waals surface area contributed by atoms with E-state index in [9.17, 15) is 0 Å². The van der Waals surface area contributed by atoms with Crippen LogP contribution < -0.4 is 61.9 Å². The molecule has 8 nitrogen and oxygen atoms in total. The Morgan fingerprint density at radius 2 is 0.274 bits per heavy atom. The van der Waals surface area contributed by atoms with E-state index in [2.05, 4.69) is 269 Å². The Hall–Kier alpha value is -8.36. The smallest absolute Gasteiger partial charge is 0.0781 e. The number of benzene rings is 8. The standard InChI is InChI=1S/C116H168N8/c1-9-17-25-33-41-49-89-121(90-50-42-34-26-18-10-2)109-81-65-101(66-82-109)113-97-57-73-106(74-58-97)118-115(103-69-85-111(86-70-103)123(93-53-45-37-29-21-13-5)94-54-46-38-30-22-14-6)99-61-77-108(78-62-99)120-116(104-71-87-112(88-72-104)124(95-55-47-39-31-23-15-7)96-56-48-40-32-24-16-8)100-63-79-107(80-64-100)119-114(98-59-75-105(117-113)76-60-98)102-67-83-110(84-68-102)122(91-51-43-35-27-19-11-3)92-52-44-36-28-20-12-4/h57-88H,9-56,89-96H2,1-8H3. The van der Waals surface area contributed by atoms with E-state index in [4.69, 9.17) is 20.0 Å². The van der Waals surface area contributed by atoms with Gasteiger partial charge in [0.2, 0.25) is 0 Å². The van der Waals surface area contributed by atoms with Gasteiger partial charge in [-0.3, -0.25) is 0 Å². The molecule has 0 radical (unpaired) electrons. The second-order valence-corrected chi connectivity index (χ2v) is 36.3. The minimum absolute atomic E-state index is 0.890. The topological polar surface area (TPSA) is 62.4 Å². The Bertz CT molecular complexity index is 3970. The predicted octanol–water partition coefficient (Wildman–Crippen LogP) is 28.0. The lowest BCUT2D eigenvalue weighted by Gasteiger charge is -2.25. The van der Waals surface area contributed by atoms with E-state index in [-0.39, 0.29) is 0 Å². The molecule has 0 fully saturated rings. The summed E-state index contributed by atoms with van der Waals surface area (Å²) in [6.45, 7) is 27.2. The number of hydrogen-bond acceptors (Lipinski definition) is 8. The van der Waals surface area contributed by atoms with Gasteiger partial charge in [0.1, 0.15) is 0 Å². The first-order valence-electron chi connectivity index (χ1n) is 51.4. The minimum Gasteiger partial charge on any atom is -0.372 e. The monoisotopic (exact) mass is 1670 g/mol. The van der Waals surface area contributed by atoms with Crippen molar-refractivity contribution < 1.29 is 0 Å². The van der Waals surface area contributed by atoms with Crippen molar-refractivity contribution >= 4 is 45.5 Å². The van der Waals surface area contributed by atoms with Crippen molar-refractivity contribution in [1.82, 2.24) is 0 Å². The average Bonchev–Trinajstić information content (AvgIpc) is 0.803. The lowest BCUT2D eigenvalue weighted by molar-refractivity contribution is 0.575. The van der Waals surface area contributed by atoms with Gasteiger partial charge in [-0.25, -0.2) is 20.0 Å². The van der Waals surface area contributed by atoms with Crippen molar-refractivity contribution in [3.05, 3.63) is 259 Å². The van der Waals surface area contributed by atoms with Crippen molar-refractivity contribution in [2.24, 2.45) is 20.0 Å². The maximum absolute atomic E-state index is 5.72. The molecule has 0 aliphatic carbocycles. The largest absolute Gasteiger partial charge is 0.372 e. The fraction of sp³-hybridized carbons (Fsp3) is 0.552. The van der Waals surface area contributed by atoms with Gasteiger partial charge in [0, 0.05) is 118 Å². The molecule has 0 amide bonds. The van der Waals surface area contributed by atoms with Crippen LogP contribution in [0.15, 0.2) is 214 Å². The third-order valence-corrected chi connectivity index (χ3v) is 25.8. The minimum atomic E-state index is 0.890. The molecule has 0 spiro atoms. The third kappa shape index (κ3) is 36.2. The van der Waals surface area contributed by atoms with Crippen LogP contribution in [-0.2, 0) is 0 Å². The van der Waals surface area contributed by atoms with Gasteiger partial charge in [-0.2, -0.15) is 0 Å². The molecule has 0 saturated carbocycles. The molecule has 0 atom stereocenters. The summed E-state index contributed by atoms with van der Waals surface area (Å²) in [5.41, 5.74) is 13.3. The van der Waals surface area contributed by atoms with E-state index in [1.807, 2.05) is 0 Å². The zero-order chi connectivity index (χ0) is 86.9. The van der Waals surface area contributed by atoms with E-state index in [0.717, 1.165) is 140 Å². The quantitative estimate of drug-likeness (QED) is 0.0356. The van der Waals surface area contributed by atoms with E-state index in [1.165, 1.54) is 331 Å². The number of rotatable bonds is 64. The molecule has 8 bridgehead atoms. The van der Waals surface area contributed by atoms with Crippen LogP contribution in [0.5, 0.6) is 0 Å².